The van der Waals surface area contributed by atoms with Crippen LogP contribution < -0.4 is 4.74 Å². The summed E-state index contributed by atoms with van der Waals surface area (Å²) in [5.74, 6) is 2.60. The first-order valence-electron chi connectivity index (χ1n) is 10.4. The fraction of sp³-hybridized carbons (Fsp3) is 0.619. The molecule has 2 aromatic rings. The summed E-state index contributed by atoms with van der Waals surface area (Å²) >= 11 is 1.71. The standard InChI is InChI=1S/C21H34N4O3S2/c1-6-8-14-25-20(19(7-2)24(3)4)22-23-21(25)29-16-9-15-28-17-10-12-18(13-11-17)30(5,26)27/h10-13,19H,6-9,14-16H2,1-5H3. The van der Waals surface area contributed by atoms with Crippen LogP contribution in [0.4, 0.5) is 0 Å². The number of unbranched alkanes of at least 4 members (excludes halogenated alkanes) is 1. The zero-order chi connectivity index (χ0) is 22.1. The molecule has 0 N–H and O–H groups in total. The van der Waals surface area contributed by atoms with Crippen LogP contribution in [0.3, 0.4) is 0 Å². The molecule has 0 radical (unpaired) electrons. The van der Waals surface area contributed by atoms with E-state index in [-0.39, 0.29) is 6.04 Å². The van der Waals surface area contributed by atoms with Gasteiger partial charge in [-0.1, -0.05) is 32.0 Å². The van der Waals surface area contributed by atoms with E-state index in [1.54, 1.807) is 36.0 Å². The van der Waals surface area contributed by atoms with Gasteiger partial charge in [0, 0.05) is 18.6 Å². The Hall–Kier alpha value is -1.58. The number of thioether (sulfide) groups is 1. The number of hydrogen-bond acceptors (Lipinski definition) is 7. The van der Waals surface area contributed by atoms with Gasteiger partial charge in [-0.15, -0.1) is 10.2 Å². The molecular formula is C21H34N4O3S2. The van der Waals surface area contributed by atoms with Crippen molar-refractivity contribution < 1.29 is 13.2 Å². The van der Waals surface area contributed by atoms with Crippen molar-refractivity contribution in [3.05, 3.63) is 30.1 Å². The Morgan fingerprint density at radius 2 is 1.83 bits per heavy atom. The number of nitrogens with zero attached hydrogens (tertiary/aromatic N) is 4. The number of benzene rings is 1. The molecule has 0 spiro atoms. The molecule has 0 amide bonds. The molecule has 0 aliphatic rings. The van der Waals surface area contributed by atoms with Crippen LogP contribution in [0.2, 0.25) is 0 Å². The Bertz CT molecular complexity index is 880. The van der Waals surface area contributed by atoms with E-state index >= 15 is 0 Å². The summed E-state index contributed by atoms with van der Waals surface area (Å²) in [6, 6.07) is 6.81. The van der Waals surface area contributed by atoms with E-state index in [1.807, 2.05) is 0 Å². The van der Waals surface area contributed by atoms with E-state index in [4.69, 9.17) is 4.74 Å². The summed E-state index contributed by atoms with van der Waals surface area (Å²) in [7, 11) is 0.987. The largest absolute Gasteiger partial charge is 0.494 e. The molecule has 1 atom stereocenters. The van der Waals surface area contributed by atoms with E-state index in [2.05, 4.69) is 47.6 Å². The van der Waals surface area contributed by atoms with E-state index in [0.717, 1.165) is 49.0 Å². The minimum absolute atomic E-state index is 0.266. The third-order valence-corrected chi connectivity index (χ3v) is 7.01. The lowest BCUT2D eigenvalue weighted by molar-refractivity contribution is 0.270. The summed E-state index contributed by atoms with van der Waals surface area (Å²) in [6.07, 6.45) is 5.29. The lowest BCUT2D eigenvalue weighted by Crippen LogP contribution is -2.23. The molecule has 0 saturated carbocycles. The third-order valence-electron chi connectivity index (χ3n) is 4.83. The Morgan fingerprint density at radius 3 is 2.40 bits per heavy atom. The van der Waals surface area contributed by atoms with E-state index < -0.39 is 9.84 Å². The maximum atomic E-state index is 11.5. The Labute approximate surface area is 185 Å². The first kappa shape index (κ1) is 24.7. The summed E-state index contributed by atoms with van der Waals surface area (Å²) in [5.41, 5.74) is 0. The molecule has 168 valence electrons. The molecule has 0 saturated heterocycles. The van der Waals surface area contributed by atoms with Crippen molar-refractivity contribution in [3.63, 3.8) is 0 Å². The maximum absolute atomic E-state index is 11.5. The van der Waals surface area contributed by atoms with Gasteiger partial charge in [0.05, 0.1) is 17.5 Å². The molecular weight excluding hydrogens is 420 g/mol. The monoisotopic (exact) mass is 454 g/mol. The predicted octanol–water partition coefficient (Wildman–Crippen LogP) is 4.06. The van der Waals surface area contributed by atoms with Crippen molar-refractivity contribution in [2.75, 3.05) is 32.7 Å². The smallest absolute Gasteiger partial charge is 0.191 e. The van der Waals surface area contributed by atoms with Crippen molar-refractivity contribution in [3.8, 4) is 5.75 Å². The highest BCUT2D eigenvalue weighted by atomic mass is 32.2. The summed E-state index contributed by atoms with van der Waals surface area (Å²) < 4.78 is 31.0. The van der Waals surface area contributed by atoms with Crippen molar-refractivity contribution in [1.29, 1.82) is 0 Å². The van der Waals surface area contributed by atoms with Crippen LogP contribution in [0.1, 0.15) is 51.4 Å². The molecule has 0 aliphatic carbocycles. The van der Waals surface area contributed by atoms with Gasteiger partial charge in [-0.25, -0.2) is 8.42 Å². The fourth-order valence-corrected chi connectivity index (χ4v) is 4.67. The lowest BCUT2D eigenvalue weighted by Gasteiger charge is -2.23. The van der Waals surface area contributed by atoms with Crippen molar-refractivity contribution in [2.24, 2.45) is 0 Å². The second kappa shape index (κ2) is 11.7. The van der Waals surface area contributed by atoms with Gasteiger partial charge in [0.2, 0.25) is 0 Å². The van der Waals surface area contributed by atoms with E-state index in [0.29, 0.717) is 17.3 Å². The SMILES string of the molecule is CCCCn1c(SCCCOc2ccc(S(C)(=O)=O)cc2)nnc1C(CC)N(C)C. The zero-order valence-electron chi connectivity index (χ0n) is 18.7. The Morgan fingerprint density at radius 1 is 1.13 bits per heavy atom. The second-order valence-corrected chi connectivity index (χ2v) is 10.6. The first-order chi connectivity index (χ1) is 14.3. The number of rotatable bonds is 13. The van der Waals surface area contributed by atoms with Gasteiger partial charge in [-0.2, -0.15) is 0 Å². The van der Waals surface area contributed by atoms with E-state index in [1.165, 1.54) is 6.26 Å². The molecule has 30 heavy (non-hydrogen) atoms. The highest BCUT2D eigenvalue weighted by Crippen LogP contribution is 2.26. The van der Waals surface area contributed by atoms with Gasteiger partial charge in [0.1, 0.15) is 5.75 Å². The predicted molar refractivity (Wildman–Crippen MR) is 122 cm³/mol. The van der Waals surface area contributed by atoms with Gasteiger partial charge in [-0.3, -0.25) is 4.90 Å². The van der Waals surface area contributed by atoms with Crippen LogP contribution in [0.15, 0.2) is 34.3 Å². The molecule has 2 rings (SSSR count). The van der Waals surface area contributed by atoms with Crippen LogP contribution >= 0.6 is 11.8 Å². The molecule has 0 fully saturated rings. The van der Waals surface area contributed by atoms with Gasteiger partial charge in [0.15, 0.2) is 20.8 Å². The number of sulfone groups is 1. The molecule has 1 unspecified atom stereocenters. The topological polar surface area (TPSA) is 77.3 Å². The van der Waals surface area contributed by atoms with Crippen LogP contribution in [-0.4, -0.2) is 60.8 Å². The van der Waals surface area contributed by atoms with Crippen molar-refractivity contribution in [2.45, 2.75) is 62.2 Å². The summed E-state index contributed by atoms with van der Waals surface area (Å²) in [5, 5.41) is 9.94. The third kappa shape index (κ3) is 6.99. The molecule has 1 heterocycles. The molecule has 0 aliphatic heterocycles. The van der Waals surface area contributed by atoms with E-state index in [9.17, 15) is 8.42 Å². The maximum Gasteiger partial charge on any atom is 0.191 e. The summed E-state index contributed by atoms with van der Waals surface area (Å²) in [4.78, 5) is 2.50. The quantitative estimate of drug-likeness (QED) is 0.334. The average molecular weight is 455 g/mol. The molecule has 1 aromatic carbocycles. The highest BCUT2D eigenvalue weighted by Gasteiger charge is 2.21. The van der Waals surface area contributed by atoms with Gasteiger partial charge >= 0.3 is 0 Å². The van der Waals surface area contributed by atoms with Crippen LogP contribution in [0.5, 0.6) is 5.75 Å². The normalized spacial score (nSPS) is 13.0. The second-order valence-electron chi connectivity index (χ2n) is 7.53. The average Bonchev–Trinajstić information content (AvgIpc) is 3.08. The van der Waals surface area contributed by atoms with Gasteiger partial charge in [0.25, 0.3) is 0 Å². The number of aromatic nitrogens is 3. The minimum atomic E-state index is -3.18. The number of hydrogen-bond donors (Lipinski definition) is 0. The zero-order valence-corrected chi connectivity index (χ0v) is 20.3. The fourth-order valence-electron chi connectivity index (χ4n) is 3.15. The number of ether oxygens (including phenoxy) is 1. The lowest BCUT2D eigenvalue weighted by atomic mass is 10.2. The van der Waals surface area contributed by atoms with Crippen LogP contribution in [-0.2, 0) is 16.4 Å². The molecule has 0 bridgehead atoms. The van der Waals surface area contributed by atoms with Crippen molar-refractivity contribution >= 4 is 21.6 Å². The molecule has 9 heteroatoms. The first-order valence-corrected chi connectivity index (χ1v) is 13.3. The van der Waals surface area contributed by atoms with Crippen LogP contribution in [0.25, 0.3) is 0 Å². The molecule has 7 nitrogen and oxygen atoms in total. The highest BCUT2D eigenvalue weighted by molar-refractivity contribution is 7.99. The Balaban J connectivity index is 1.90. The molecule has 1 aromatic heterocycles. The van der Waals surface area contributed by atoms with Gasteiger partial charge < -0.3 is 9.30 Å². The van der Waals surface area contributed by atoms with Crippen LogP contribution in [0, 0.1) is 0 Å². The van der Waals surface area contributed by atoms with Gasteiger partial charge in [-0.05, 0) is 57.6 Å². The van der Waals surface area contributed by atoms with Crippen molar-refractivity contribution in [1.82, 2.24) is 19.7 Å². The summed E-state index contributed by atoms with van der Waals surface area (Å²) in [6.45, 7) is 5.88. The Kier molecular flexibility index (Phi) is 9.64. The minimum Gasteiger partial charge on any atom is -0.494 e.